The molecule has 0 aromatic heterocycles. The molecule has 16 heavy (non-hydrogen) atoms. The summed E-state index contributed by atoms with van der Waals surface area (Å²) in [6, 6.07) is 6.87. The lowest BCUT2D eigenvalue weighted by Gasteiger charge is -2.05. The lowest BCUT2D eigenvalue weighted by atomic mass is 10.0. The van der Waals surface area contributed by atoms with Crippen molar-refractivity contribution in [1.82, 2.24) is 0 Å². The number of nitrogens with two attached hydrogens (primary N) is 2. The number of carboxylic acids is 1. The number of carboxylic acid groups (broad SMARTS) is 2. The van der Waals surface area contributed by atoms with E-state index in [9.17, 15) is 4.79 Å². The van der Waals surface area contributed by atoms with E-state index in [1.54, 1.807) is 31.2 Å². The van der Waals surface area contributed by atoms with Crippen molar-refractivity contribution < 1.29 is 19.8 Å². The molecule has 0 heterocycles. The smallest absolute Gasteiger partial charge is 0.402 e. The van der Waals surface area contributed by atoms with Gasteiger partial charge < -0.3 is 21.7 Å². The number of benzene rings is 1. The topological polar surface area (TPSA) is 127 Å². The van der Waals surface area contributed by atoms with Gasteiger partial charge in [-0.1, -0.05) is 12.1 Å². The Morgan fingerprint density at radius 1 is 1.19 bits per heavy atom. The summed E-state index contributed by atoms with van der Waals surface area (Å²) in [7, 11) is 0. The second-order valence-electron chi connectivity index (χ2n) is 3.06. The van der Waals surface area contributed by atoms with Crippen LogP contribution in [0.3, 0.4) is 0 Å². The molecule has 1 rings (SSSR count). The molecule has 6 nitrogen and oxygen atoms in total. The fourth-order valence-corrected chi connectivity index (χ4v) is 0.927. The molecule has 0 aliphatic heterocycles. The summed E-state index contributed by atoms with van der Waals surface area (Å²) in [5, 5.41) is 15.9. The summed E-state index contributed by atoms with van der Waals surface area (Å²) in [5.41, 5.74) is 10.9. The molecule has 1 amide bonds. The van der Waals surface area contributed by atoms with Crippen LogP contribution >= 0.6 is 0 Å². The predicted molar refractivity (Wildman–Crippen MR) is 59.1 cm³/mol. The van der Waals surface area contributed by atoms with Crippen LogP contribution < -0.4 is 11.5 Å². The molecular weight excluding hydrogens is 212 g/mol. The first-order valence-corrected chi connectivity index (χ1v) is 4.41. The summed E-state index contributed by atoms with van der Waals surface area (Å²) < 4.78 is 0. The molecule has 1 aromatic rings. The molecule has 88 valence electrons. The molecule has 1 aromatic carbocycles. The Balaban J connectivity index is 0.000000487. The van der Waals surface area contributed by atoms with Gasteiger partial charge in [-0.3, -0.25) is 4.79 Å². The van der Waals surface area contributed by atoms with Crippen LogP contribution in [0, 0.1) is 0 Å². The van der Waals surface area contributed by atoms with Gasteiger partial charge in [0.15, 0.2) is 0 Å². The van der Waals surface area contributed by atoms with E-state index in [0.717, 1.165) is 5.56 Å². The Kier molecular flexibility index (Phi) is 5.40. The molecule has 6 N–H and O–H groups in total. The Labute approximate surface area is 92.5 Å². The van der Waals surface area contributed by atoms with Crippen molar-refractivity contribution in [3.05, 3.63) is 29.8 Å². The summed E-state index contributed by atoms with van der Waals surface area (Å²) in [6.45, 7) is 1.65. The molecule has 0 aliphatic carbocycles. The van der Waals surface area contributed by atoms with Crippen molar-refractivity contribution in [3.8, 4) is 0 Å². The number of hydrogen-bond donors (Lipinski definition) is 4. The van der Waals surface area contributed by atoms with Crippen LogP contribution in [0.1, 0.15) is 18.4 Å². The largest absolute Gasteiger partial charge is 0.481 e. The fraction of sp³-hybridized carbons (Fsp3) is 0.200. The standard InChI is InChI=1S/C9H11NO2.CH3NO2/c1-6(9(11)12)7-2-4-8(10)5-3-7;2-1(3)4/h2-6H,10H2,1H3,(H,11,12);2H2,(H,3,4). The van der Waals surface area contributed by atoms with Crippen molar-refractivity contribution in [1.29, 1.82) is 0 Å². The number of aliphatic carboxylic acids is 1. The van der Waals surface area contributed by atoms with Crippen LogP contribution in [0.4, 0.5) is 10.5 Å². The monoisotopic (exact) mass is 226 g/mol. The van der Waals surface area contributed by atoms with E-state index in [1.165, 1.54) is 0 Å². The highest BCUT2D eigenvalue weighted by atomic mass is 16.4. The lowest BCUT2D eigenvalue weighted by molar-refractivity contribution is -0.138. The van der Waals surface area contributed by atoms with Crippen LogP contribution in [0.15, 0.2) is 24.3 Å². The molecular formula is C10H14N2O4. The third kappa shape index (κ3) is 5.48. The van der Waals surface area contributed by atoms with Crippen LogP contribution in [0.2, 0.25) is 0 Å². The molecule has 1 atom stereocenters. The van der Waals surface area contributed by atoms with E-state index in [2.05, 4.69) is 5.73 Å². The summed E-state index contributed by atoms with van der Waals surface area (Å²) >= 11 is 0. The molecule has 0 saturated heterocycles. The normalized spacial score (nSPS) is 10.8. The first-order chi connectivity index (χ1) is 7.34. The van der Waals surface area contributed by atoms with Gasteiger partial charge in [-0.15, -0.1) is 0 Å². The fourth-order valence-electron chi connectivity index (χ4n) is 0.927. The molecule has 0 spiro atoms. The molecule has 0 fully saturated rings. The summed E-state index contributed by atoms with van der Waals surface area (Å²) in [4.78, 5) is 19.3. The zero-order chi connectivity index (χ0) is 12.7. The van der Waals surface area contributed by atoms with Crippen molar-refractivity contribution in [2.75, 3.05) is 5.73 Å². The van der Waals surface area contributed by atoms with Crippen LogP contribution in [0.25, 0.3) is 0 Å². The van der Waals surface area contributed by atoms with Gasteiger partial charge in [0, 0.05) is 5.69 Å². The van der Waals surface area contributed by atoms with E-state index in [0.29, 0.717) is 5.69 Å². The van der Waals surface area contributed by atoms with Crippen LogP contribution in [-0.2, 0) is 4.79 Å². The molecule has 0 saturated carbocycles. The highest BCUT2D eigenvalue weighted by Gasteiger charge is 2.12. The lowest BCUT2D eigenvalue weighted by Crippen LogP contribution is -2.07. The highest BCUT2D eigenvalue weighted by molar-refractivity contribution is 5.75. The number of rotatable bonds is 2. The van der Waals surface area contributed by atoms with Crippen LogP contribution in [-0.4, -0.2) is 22.3 Å². The quantitative estimate of drug-likeness (QED) is 0.561. The molecule has 1 unspecified atom stereocenters. The zero-order valence-electron chi connectivity index (χ0n) is 8.75. The third-order valence-electron chi connectivity index (χ3n) is 1.81. The number of carbonyl (C=O) groups is 2. The van der Waals surface area contributed by atoms with E-state index in [-0.39, 0.29) is 0 Å². The molecule has 0 radical (unpaired) electrons. The summed E-state index contributed by atoms with van der Waals surface area (Å²) in [5.74, 6) is -1.29. The maximum absolute atomic E-state index is 10.6. The van der Waals surface area contributed by atoms with E-state index in [1.807, 2.05) is 0 Å². The van der Waals surface area contributed by atoms with Gasteiger partial charge in [0.05, 0.1) is 5.92 Å². The number of primary amides is 1. The zero-order valence-corrected chi connectivity index (χ0v) is 8.75. The van der Waals surface area contributed by atoms with Gasteiger partial charge in [-0.2, -0.15) is 0 Å². The van der Waals surface area contributed by atoms with Gasteiger partial charge in [0.25, 0.3) is 0 Å². The average Bonchev–Trinajstić information content (AvgIpc) is 2.17. The van der Waals surface area contributed by atoms with Crippen molar-refractivity contribution in [2.24, 2.45) is 5.73 Å². The van der Waals surface area contributed by atoms with Gasteiger partial charge in [-0.25, -0.2) is 4.79 Å². The van der Waals surface area contributed by atoms with E-state index < -0.39 is 18.0 Å². The Bertz CT molecular complexity index is 358. The average molecular weight is 226 g/mol. The Morgan fingerprint density at radius 2 is 1.56 bits per heavy atom. The van der Waals surface area contributed by atoms with Gasteiger partial charge in [-0.05, 0) is 24.6 Å². The highest BCUT2D eigenvalue weighted by Crippen LogP contribution is 2.16. The van der Waals surface area contributed by atoms with E-state index >= 15 is 0 Å². The van der Waals surface area contributed by atoms with Gasteiger partial charge >= 0.3 is 12.1 Å². The maximum Gasteiger partial charge on any atom is 0.402 e. The number of nitrogen functional groups attached to an aromatic ring is 1. The molecule has 6 heteroatoms. The maximum atomic E-state index is 10.6. The van der Waals surface area contributed by atoms with Crippen molar-refractivity contribution >= 4 is 17.7 Å². The van der Waals surface area contributed by atoms with Crippen LogP contribution in [0.5, 0.6) is 0 Å². The molecule has 0 bridgehead atoms. The number of amides is 1. The second-order valence-corrected chi connectivity index (χ2v) is 3.06. The molecule has 0 aliphatic rings. The van der Waals surface area contributed by atoms with Crippen molar-refractivity contribution in [2.45, 2.75) is 12.8 Å². The SMILES string of the molecule is CC(C(=O)O)c1ccc(N)cc1.NC(=O)O. The minimum Gasteiger partial charge on any atom is -0.481 e. The van der Waals surface area contributed by atoms with Crippen molar-refractivity contribution in [3.63, 3.8) is 0 Å². The Hall–Kier alpha value is -2.24. The first kappa shape index (κ1) is 13.8. The third-order valence-corrected chi connectivity index (χ3v) is 1.81. The first-order valence-electron chi connectivity index (χ1n) is 4.41. The second kappa shape index (κ2) is 6.28. The number of anilines is 1. The minimum absolute atomic E-state index is 0.467. The van der Waals surface area contributed by atoms with E-state index in [4.69, 9.17) is 20.7 Å². The number of hydrogen-bond acceptors (Lipinski definition) is 3. The van der Waals surface area contributed by atoms with Gasteiger partial charge in [0.1, 0.15) is 0 Å². The van der Waals surface area contributed by atoms with Gasteiger partial charge in [0.2, 0.25) is 0 Å². The predicted octanol–water partition coefficient (Wildman–Crippen LogP) is 1.08. The minimum atomic E-state index is -1.33. The summed E-state index contributed by atoms with van der Waals surface area (Å²) in [6.07, 6.45) is -1.33. The Morgan fingerprint density at radius 3 is 1.88 bits per heavy atom.